The number of nitrogens with two attached hydrogens (primary N) is 1. The third-order valence-corrected chi connectivity index (χ3v) is 8.44. The van der Waals surface area contributed by atoms with Gasteiger partial charge in [-0.25, -0.2) is 19.3 Å². The Hall–Kier alpha value is -4.28. The SMILES string of the molecule is COC[C@H]1C[C@H](n2nc(C#Cc3cc4ncn(C5CC5)c4cc3Cl)c(C(N)=O)c2N(C(=O)OC(C)(C)C)C2CC2)CN1C(=O)O. The molecule has 0 spiro atoms. The van der Waals surface area contributed by atoms with E-state index in [0.717, 1.165) is 23.9 Å². The van der Waals surface area contributed by atoms with Gasteiger partial charge in [-0.3, -0.25) is 9.69 Å². The van der Waals surface area contributed by atoms with Crippen LogP contribution in [0.5, 0.6) is 0 Å². The van der Waals surface area contributed by atoms with Crippen LogP contribution in [0.3, 0.4) is 0 Å². The molecule has 0 radical (unpaired) electrons. The summed E-state index contributed by atoms with van der Waals surface area (Å²) in [6, 6.07) is 2.80. The van der Waals surface area contributed by atoms with Gasteiger partial charge in [0.2, 0.25) is 0 Å². The maximum absolute atomic E-state index is 13.7. The summed E-state index contributed by atoms with van der Waals surface area (Å²) in [5, 5.41) is 15.0. The van der Waals surface area contributed by atoms with Crippen LogP contribution in [0.2, 0.25) is 5.02 Å². The second kappa shape index (κ2) is 11.6. The molecular weight excluding hydrogens is 602 g/mol. The van der Waals surface area contributed by atoms with Crippen molar-refractivity contribution in [3.63, 3.8) is 0 Å². The molecule has 1 aromatic carbocycles. The molecule has 2 aliphatic carbocycles. The molecule has 3 aromatic rings. The number of amides is 3. The number of anilines is 1. The molecule has 3 amide bonds. The van der Waals surface area contributed by atoms with Gasteiger partial charge in [-0.15, -0.1) is 0 Å². The standard InChI is InChI=1S/C31H36ClN7O6/c1-31(2,3)45-30(43)38(19-8-9-19)28-26(27(33)40)23(35-39(28)20-12-21(15-44-4)36(14-20)29(41)42)10-5-17-11-24-25(13-22(17)32)37(16-34-24)18-6-7-18/h11,13,16,18-21H,6-9,12,14-15H2,1-4H3,(H2,33,40)(H,41,42)/t20-,21+/m0/s1. The normalized spacial score (nSPS) is 19.8. The van der Waals surface area contributed by atoms with Crippen molar-refractivity contribution in [3.8, 4) is 11.8 Å². The molecule has 1 aliphatic heterocycles. The average Bonchev–Trinajstić information content (AvgIpc) is 3.85. The van der Waals surface area contributed by atoms with Crippen LogP contribution in [-0.2, 0) is 9.47 Å². The van der Waals surface area contributed by atoms with Crippen LogP contribution in [0.4, 0.5) is 15.4 Å². The van der Waals surface area contributed by atoms with Crippen molar-refractivity contribution in [3.05, 3.63) is 40.3 Å². The van der Waals surface area contributed by atoms with Gasteiger partial charge in [0.05, 0.1) is 41.1 Å². The number of halogens is 1. The number of rotatable bonds is 7. The number of hydrogen-bond donors (Lipinski definition) is 2. The Labute approximate surface area is 265 Å². The van der Waals surface area contributed by atoms with Gasteiger partial charge in [0.25, 0.3) is 5.91 Å². The number of carbonyl (C=O) groups excluding carboxylic acids is 2. The van der Waals surface area contributed by atoms with Crippen molar-refractivity contribution in [2.24, 2.45) is 5.73 Å². The second-order valence-corrected chi connectivity index (χ2v) is 13.2. The van der Waals surface area contributed by atoms with Crippen LogP contribution in [-0.4, -0.2) is 85.4 Å². The first-order chi connectivity index (χ1) is 21.4. The third-order valence-electron chi connectivity index (χ3n) is 8.12. The Kier molecular flexibility index (Phi) is 7.91. The number of benzene rings is 1. The fourth-order valence-corrected chi connectivity index (χ4v) is 6.05. The molecule has 6 rings (SSSR count). The van der Waals surface area contributed by atoms with Crippen LogP contribution in [0.1, 0.15) is 86.6 Å². The summed E-state index contributed by atoms with van der Waals surface area (Å²) >= 11 is 6.66. The zero-order valence-corrected chi connectivity index (χ0v) is 26.4. The van der Waals surface area contributed by atoms with Gasteiger partial charge in [0.15, 0.2) is 11.5 Å². The van der Waals surface area contributed by atoms with Crippen LogP contribution >= 0.6 is 11.6 Å². The predicted molar refractivity (Wildman–Crippen MR) is 166 cm³/mol. The highest BCUT2D eigenvalue weighted by molar-refractivity contribution is 6.32. The minimum Gasteiger partial charge on any atom is -0.465 e. The van der Waals surface area contributed by atoms with Gasteiger partial charge in [0.1, 0.15) is 11.2 Å². The van der Waals surface area contributed by atoms with Crippen molar-refractivity contribution < 1.29 is 29.0 Å². The number of methoxy groups -OCH3 is 1. The van der Waals surface area contributed by atoms with E-state index < -0.39 is 35.8 Å². The van der Waals surface area contributed by atoms with E-state index in [1.54, 1.807) is 33.2 Å². The number of hydrogen-bond acceptors (Lipinski definition) is 7. The molecular formula is C31H36ClN7O6. The fourth-order valence-electron chi connectivity index (χ4n) is 5.85. The number of carboxylic acid groups (broad SMARTS) is 1. The summed E-state index contributed by atoms with van der Waals surface area (Å²) in [7, 11) is 1.50. The van der Waals surface area contributed by atoms with Crippen molar-refractivity contribution in [2.45, 2.75) is 82.6 Å². The predicted octanol–water partition coefficient (Wildman–Crippen LogP) is 4.56. The van der Waals surface area contributed by atoms with E-state index in [1.807, 2.05) is 6.07 Å². The number of ether oxygens (including phenoxy) is 2. The lowest BCUT2D eigenvalue weighted by molar-refractivity contribution is 0.0574. The average molecular weight is 638 g/mol. The van der Waals surface area contributed by atoms with Crippen molar-refractivity contribution in [1.29, 1.82) is 0 Å². The number of primary amides is 1. The highest BCUT2D eigenvalue weighted by Crippen LogP contribution is 2.40. The minimum atomic E-state index is -1.11. The van der Waals surface area contributed by atoms with Gasteiger partial charge in [-0.1, -0.05) is 17.5 Å². The van der Waals surface area contributed by atoms with Crippen LogP contribution in [0.25, 0.3) is 11.0 Å². The number of imidazole rings is 1. The molecule has 13 nitrogen and oxygen atoms in total. The number of carbonyl (C=O) groups is 3. The smallest absolute Gasteiger partial charge is 0.416 e. The molecule has 14 heteroatoms. The Balaban J connectivity index is 1.47. The van der Waals surface area contributed by atoms with E-state index in [1.165, 1.54) is 21.6 Å². The Morgan fingerprint density at radius 2 is 1.89 bits per heavy atom. The summed E-state index contributed by atoms with van der Waals surface area (Å²) in [4.78, 5) is 46.1. The van der Waals surface area contributed by atoms with E-state index in [-0.39, 0.29) is 36.3 Å². The molecule has 3 heterocycles. The molecule has 0 bridgehead atoms. The molecule has 0 unspecified atom stereocenters. The number of aromatic nitrogens is 4. The molecule has 3 aliphatic rings. The quantitative estimate of drug-likeness (QED) is 0.357. The van der Waals surface area contributed by atoms with E-state index in [0.29, 0.717) is 35.9 Å². The van der Waals surface area contributed by atoms with E-state index >= 15 is 0 Å². The van der Waals surface area contributed by atoms with Crippen LogP contribution in [0.15, 0.2) is 18.5 Å². The number of nitrogens with zero attached hydrogens (tertiary/aromatic N) is 6. The van der Waals surface area contributed by atoms with Gasteiger partial charge in [-0.2, -0.15) is 5.10 Å². The lowest BCUT2D eigenvalue weighted by Crippen LogP contribution is -2.41. The monoisotopic (exact) mass is 637 g/mol. The van der Waals surface area contributed by atoms with Crippen molar-refractivity contribution >= 4 is 46.5 Å². The molecule has 2 atom stereocenters. The first-order valence-electron chi connectivity index (χ1n) is 15.0. The van der Waals surface area contributed by atoms with Crippen LogP contribution < -0.4 is 10.6 Å². The number of likely N-dealkylation sites (tertiary alicyclic amines) is 1. The second-order valence-electron chi connectivity index (χ2n) is 12.8. The topological polar surface area (TPSA) is 158 Å². The highest BCUT2D eigenvalue weighted by atomic mass is 35.5. The van der Waals surface area contributed by atoms with E-state index in [2.05, 4.69) is 21.4 Å². The summed E-state index contributed by atoms with van der Waals surface area (Å²) < 4.78 is 14.7. The molecule has 3 N–H and O–H groups in total. The Bertz CT molecular complexity index is 1740. The van der Waals surface area contributed by atoms with Gasteiger partial charge < -0.3 is 29.8 Å². The maximum atomic E-state index is 13.7. The fraction of sp³-hybridized carbons (Fsp3) is 0.516. The zero-order chi connectivity index (χ0) is 32.2. The minimum absolute atomic E-state index is 0.0449. The first-order valence-corrected chi connectivity index (χ1v) is 15.3. The lowest BCUT2D eigenvalue weighted by Gasteiger charge is -2.29. The summed E-state index contributed by atoms with van der Waals surface area (Å²) in [5.41, 5.74) is 7.30. The molecule has 1 saturated heterocycles. The van der Waals surface area contributed by atoms with Crippen molar-refractivity contribution in [1.82, 2.24) is 24.2 Å². The summed E-state index contributed by atoms with van der Waals surface area (Å²) in [6.45, 7) is 5.49. The van der Waals surface area contributed by atoms with Gasteiger partial charge >= 0.3 is 12.2 Å². The summed E-state index contributed by atoms with van der Waals surface area (Å²) in [5.74, 6) is 5.32. The Morgan fingerprint density at radius 1 is 1.16 bits per heavy atom. The third kappa shape index (κ3) is 6.17. The largest absolute Gasteiger partial charge is 0.465 e. The molecule has 2 aromatic heterocycles. The number of fused-ring (bicyclic) bond motifs is 1. The lowest BCUT2D eigenvalue weighted by atomic mass is 10.1. The van der Waals surface area contributed by atoms with Gasteiger partial charge in [0, 0.05) is 31.3 Å². The molecule has 45 heavy (non-hydrogen) atoms. The van der Waals surface area contributed by atoms with E-state index in [9.17, 15) is 19.5 Å². The summed E-state index contributed by atoms with van der Waals surface area (Å²) in [6.07, 6.45) is 3.94. The Morgan fingerprint density at radius 3 is 2.49 bits per heavy atom. The van der Waals surface area contributed by atoms with E-state index in [4.69, 9.17) is 31.9 Å². The maximum Gasteiger partial charge on any atom is 0.416 e. The van der Waals surface area contributed by atoms with Crippen LogP contribution in [0, 0.1) is 11.8 Å². The highest BCUT2D eigenvalue weighted by Gasteiger charge is 2.45. The molecule has 238 valence electrons. The first kappa shape index (κ1) is 30.7. The molecule has 2 saturated carbocycles. The van der Waals surface area contributed by atoms with Gasteiger partial charge in [-0.05, 0) is 70.9 Å². The molecule has 3 fully saturated rings. The zero-order valence-electron chi connectivity index (χ0n) is 25.6. The van der Waals surface area contributed by atoms with Crippen molar-refractivity contribution in [2.75, 3.05) is 25.2 Å².